The number of carbonyl (C=O) groups excluding carboxylic acids is 3. The third kappa shape index (κ3) is 8.39. The minimum absolute atomic E-state index is 0.00610. The van der Waals surface area contributed by atoms with Crippen LogP contribution in [0.1, 0.15) is 63.9 Å². The lowest BCUT2D eigenvalue weighted by atomic mass is 9.82. The minimum atomic E-state index is -0.511. The fourth-order valence-electron chi connectivity index (χ4n) is 3.87. The Morgan fingerprint density at radius 2 is 1.59 bits per heavy atom. The first-order valence-corrected chi connectivity index (χ1v) is 11.1. The standard InChI is InChI=1S/C27H34N2O5/c1-18(30)34-22-14-13-19(16-23(22)33-7)15-21(28-24(31)20-11-9-8-10-12-20)25(32)29-27(5,6)17-26(2,3)4/h8-16H,17H2,1-7H3,(H,28,31)(H,29,32)/b21-15-. The van der Waals surface area contributed by atoms with Gasteiger partial charge in [0.15, 0.2) is 11.5 Å². The van der Waals surface area contributed by atoms with Crippen LogP contribution in [-0.4, -0.2) is 30.4 Å². The molecule has 0 fully saturated rings. The van der Waals surface area contributed by atoms with Gasteiger partial charge in [-0.1, -0.05) is 45.0 Å². The van der Waals surface area contributed by atoms with Crippen LogP contribution in [0.2, 0.25) is 0 Å². The minimum Gasteiger partial charge on any atom is -0.493 e. The molecule has 0 aromatic heterocycles. The van der Waals surface area contributed by atoms with Crippen molar-refractivity contribution in [3.05, 3.63) is 65.4 Å². The number of ether oxygens (including phenoxy) is 2. The molecule has 0 heterocycles. The molecule has 182 valence electrons. The molecule has 7 nitrogen and oxygen atoms in total. The second-order valence-electron chi connectivity index (χ2n) is 9.96. The quantitative estimate of drug-likeness (QED) is 0.333. The molecule has 0 atom stereocenters. The van der Waals surface area contributed by atoms with Crippen molar-refractivity contribution < 1.29 is 23.9 Å². The molecule has 2 aromatic carbocycles. The molecule has 0 saturated heterocycles. The van der Waals surface area contributed by atoms with E-state index in [9.17, 15) is 14.4 Å². The van der Waals surface area contributed by atoms with Crippen LogP contribution >= 0.6 is 0 Å². The third-order valence-corrected chi connectivity index (χ3v) is 4.71. The predicted molar refractivity (Wildman–Crippen MR) is 132 cm³/mol. The Morgan fingerprint density at radius 3 is 2.15 bits per heavy atom. The maximum absolute atomic E-state index is 13.3. The Labute approximate surface area is 201 Å². The molecule has 7 heteroatoms. The van der Waals surface area contributed by atoms with Crippen molar-refractivity contribution in [1.29, 1.82) is 0 Å². The SMILES string of the molecule is COc1cc(/C=C(\NC(=O)c2ccccc2)C(=O)NC(C)(C)CC(C)(C)C)ccc1OC(C)=O. The summed E-state index contributed by atoms with van der Waals surface area (Å²) in [6, 6.07) is 13.5. The lowest BCUT2D eigenvalue weighted by molar-refractivity contribution is -0.132. The number of amides is 2. The summed E-state index contributed by atoms with van der Waals surface area (Å²) in [5, 5.41) is 5.77. The van der Waals surface area contributed by atoms with Gasteiger partial charge in [0.2, 0.25) is 0 Å². The van der Waals surface area contributed by atoms with Gasteiger partial charge in [-0.25, -0.2) is 0 Å². The fraction of sp³-hybridized carbons (Fsp3) is 0.370. The van der Waals surface area contributed by atoms with Crippen LogP contribution in [-0.2, 0) is 9.59 Å². The van der Waals surface area contributed by atoms with Crippen LogP contribution in [0.25, 0.3) is 6.08 Å². The molecule has 0 bridgehead atoms. The Morgan fingerprint density at radius 1 is 0.941 bits per heavy atom. The average Bonchev–Trinajstić information content (AvgIpc) is 2.72. The maximum atomic E-state index is 13.3. The lowest BCUT2D eigenvalue weighted by Crippen LogP contribution is -2.48. The number of rotatable bonds is 8. The van der Waals surface area contributed by atoms with Gasteiger partial charge in [0, 0.05) is 18.0 Å². The van der Waals surface area contributed by atoms with Gasteiger partial charge in [0.1, 0.15) is 5.70 Å². The van der Waals surface area contributed by atoms with E-state index in [-0.39, 0.29) is 16.9 Å². The van der Waals surface area contributed by atoms with Crippen molar-refractivity contribution in [2.75, 3.05) is 7.11 Å². The maximum Gasteiger partial charge on any atom is 0.308 e. The van der Waals surface area contributed by atoms with Crippen LogP contribution in [0.5, 0.6) is 11.5 Å². The number of methoxy groups -OCH3 is 1. The van der Waals surface area contributed by atoms with Crippen molar-refractivity contribution in [3.8, 4) is 11.5 Å². The van der Waals surface area contributed by atoms with E-state index in [1.165, 1.54) is 14.0 Å². The first kappa shape index (κ1) is 26.6. The highest BCUT2D eigenvalue weighted by atomic mass is 16.6. The van der Waals surface area contributed by atoms with Gasteiger partial charge >= 0.3 is 5.97 Å². The van der Waals surface area contributed by atoms with E-state index >= 15 is 0 Å². The molecule has 2 amide bonds. The topological polar surface area (TPSA) is 93.7 Å². The molecule has 0 saturated carbocycles. The third-order valence-electron chi connectivity index (χ3n) is 4.71. The molecular formula is C27H34N2O5. The Bertz CT molecular complexity index is 1070. The number of benzene rings is 2. The summed E-state index contributed by atoms with van der Waals surface area (Å²) in [5.41, 5.74) is 0.576. The monoisotopic (exact) mass is 466 g/mol. The van der Waals surface area contributed by atoms with E-state index in [1.807, 2.05) is 19.9 Å². The largest absolute Gasteiger partial charge is 0.493 e. The van der Waals surface area contributed by atoms with Crippen molar-refractivity contribution in [3.63, 3.8) is 0 Å². The van der Waals surface area contributed by atoms with Gasteiger partial charge in [0.05, 0.1) is 7.11 Å². The van der Waals surface area contributed by atoms with Crippen LogP contribution < -0.4 is 20.1 Å². The van der Waals surface area contributed by atoms with E-state index < -0.39 is 23.3 Å². The van der Waals surface area contributed by atoms with Gasteiger partial charge in [0.25, 0.3) is 11.8 Å². The molecule has 2 rings (SSSR count). The summed E-state index contributed by atoms with van der Waals surface area (Å²) in [6.45, 7) is 11.5. The van der Waals surface area contributed by atoms with E-state index in [0.717, 1.165) is 6.42 Å². The molecule has 2 aromatic rings. The number of esters is 1. The zero-order valence-corrected chi connectivity index (χ0v) is 20.9. The highest BCUT2D eigenvalue weighted by molar-refractivity contribution is 6.05. The zero-order valence-electron chi connectivity index (χ0n) is 20.9. The Kier molecular flexibility index (Phi) is 8.62. The number of carbonyl (C=O) groups is 3. The zero-order chi connectivity index (χ0) is 25.5. The van der Waals surface area contributed by atoms with E-state index in [4.69, 9.17) is 9.47 Å². The fourth-order valence-corrected chi connectivity index (χ4v) is 3.87. The summed E-state index contributed by atoms with van der Waals surface area (Å²) in [6.07, 6.45) is 2.29. The Hall–Kier alpha value is -3.61. The summed E-state index contributed by atoms with van der Waals surface area (Å²) < 4.78 is 10.5. The highest BCUT2D eigenvalue weighted by Gasteiger charge is 2.28. The predicted octanol–water partition coefficient (Wildman–Crippen LogP) is 4.72. The van der Waals surface area contributed by atoms with Crippen molar-refractivity contribution in [2.24, 2.45) is 5.41 Å². The van der Waals surface area contributed by atoms with E-state index in [0.29, 0.717) is 16.9 Å². The molecule has 0 aliphatic heterocycles. The van der Waals surface area contributed by atoms with Gasteiger partial charge in [-0.3, -0.25) is 14.4 Å². The average molecular weight is 467 g/mol. The number of hydrogen-bond acceptors (Lipinski definition) is 5. The molecule has 0 aliphatic rings. The van der Waals surface area contributed by atoms with Crippen LogP contribution in [0.3, 0.4) is 0 Å². The normalized spacial score (nSPS) is 12.0. The Balaban J connectivity index is 2.42. The summed E-state index contributed by atoms with van der Waals surface area (Å²) >= 11 is 0. The molecular weight excluding hydrogens is 432 g/mol. The number of hydrogen-bond donors (Lipinski definition) is 2. The lowest BCUT2D eigenvalue weighted by Gasteiger charge is -2.33. The highest BCUT2D eigenvalue weighted by Crippen LogP contribution is 2.30. The van der Waals surface area contributed by atoms with Gasteiger partial charge in [-0.15, -0.1) is 0 Å². The molecule has 0 radical (unpaired) electrons. The molecule has 0 unspecified atom stereocenters. The first-order valence-electron chi connectivity index (χ1n) is 11.1. The van der Waals surface area contributed by atoms with Crippen molar-refractivity contribution in [2.45, 2.75) is 53.5 Å². The van der Waals surface area contributed by atoms with Crippen molar-refractivity contribution >= 4 is 23.9 Å². The molecule has 0 aliphatic carbocycles. The second-order valence-corrected chi connectivity index (χ2v) is 9.96. The molecule has 0 spiro atoms. The van der Waals surface area contributed by atoms with E-state index in [2.05, 4.69) is 31.4 Å². The summed E-state index contributed by atoms with van der Waals surface area (Å²) in [5.74, 6) is -0.706. The van der Waals surface area contributed by atoms with Crippen LogP contribution in [0.15, 0.2) is 54.2 Å². The smallest absolute Gasteiger partial charge is 0.308 e. The first-order chi connectivity index (χ1) is 15.8. The van der Waals surface area contributed by atoms with Gasteiger partial charge in [-0.2, -0.15) is 0 Å². The summed E-state index contributed by atoms with van der Waals surface area (Å²) in [4.78, 5) is 37.4. The molecule has 2 N–H and O–H groups in total. The second kappa shape index (κ2) is 11.0. The van der Waals surface area contributed by atoms with Crippen molar-refractivity contribution in [1.82, 2.24) is 10.6 Å². The molecule has 34 heavy (non-hydrogen) atoms. The van der Waals surface area contributed by atoms with Gasteiger partial charge < -0.3 is 20.1 Å². The van der Waals surface area contributed by atoms with Gasteiger partial charge in [-0.05, 0) is 61.6 Å². The number of nitrogens with one attached hydrogen (secondary N) is 2. The summed E-state index contributed by atoms with van der Waals surface area (Å²) in [7, 11) is 1.45. The van der Waals surface area contributed by atoms with Crippen LogP contribution in [0, 0.1) is 5.41 Å². The van der Waals surface area contributed by atoms with E-state index in [1.54, 1.807) is 48.5 Å². The van der Waals surface area contributed by atoms with Crippen LogP contribution in [0.4, 0.5) is 0 Å².